The molecule has 0 unspecified atom stereocenters. The van der Waals surface area contributed by atoms with Gasteiger partial charge in [0.2, 0.25) is 5.95 Å². The maximum absolute atomic E-state index is 6.25. The van der Waals surface area contributed by atoms with Gasteiger partial charge in [-0.1, -0.05) is 41.9 Å². The lowest BCUT2D eigenvalue weighted by molar-refractivity contribution is 0.121. The monoisotopic (exact) mass is 508 g/mol. The number of anilines is 3. The minimum absolute atomic E-state index is 0.453. The Hall–Kier alpha value is -3.40. The number of halogens is 1. The predicted molar refractivity (Wildman–Crippen MR) is 142 cm³/mol. The van der Waals surface area contributed by atoms with E-state index in [1.54, 1.807) is 12.3 Å². The van der Waals surface area contributed by atoms with Crippen LogP contribution in [0.3, 0.4) is 0 Å². The summed E-state index contributed by atoms with van der Waals surface area (Å²) in [6.45, 7) is 6.20. The molecule has 188 valence electrons. The predicted octanol–water partition coefficient (Wildman–Crippen LogP) is 3.83. The van der Waals surface area contributed by atoms with E-state index in [4.69, 9.17) is 35.8 Å². The van der Waals surface area contributed by atoms with Crippen molar-refractivity contribution in [3.63, 3.8) is 0 Å². The number of aromatic nitrogens is 2. The number of hydrogen-bond donors (Lipinski definition) is 1. The van der Waals surface area contributed by atoms with E-state index in [1.807, 2.05) is 48.5 Å². The molecule has 1 N–H and O–H groups in total. The van der Waals surface area contributed by atoms with Gasteiger partial charge in [0.25, 0.3) is 0 Å². The molecule has 0 saturated carbocycles. The highest BCUT2D eigenvalue weighted by Crippen LogP contribution is 2.24. The molecule has 0 amide bonds. The zero-order valence-electron chi connectivity index (χ0n) is 20.0. The van der Waals surface area contributed by atoms with Gasteiger partial charge in [0.05, 0.1) is 32.6 Å². The molecule has 3 heterocycles. The van der Waals surface area contributed by atoms with Crippen LogP contribution in [0.5, 0.6) is 5.75 Å². The molecule has 0 atom stereocenters. The zero-order valence-corrected chi connectivity index (χ0v) is 20.7. The summed E-state index contributed by atoms with van der Waals surface area (Å²) in [6.07, 6.45) is 1.69. The Labute approximate surface area is 215 Å². The number of ether oxygens (including phenoxy) is 3. The molecule has 0 bridgehead atoms. The van der Waals surface area contributed by atoms with Crippen LogP contribution >= 0.6 is 11.6 Å². The van der Waals surface area contributed by atoms with E-state index in [-0.39, 0.29) is 0 Å². The Morgan fingerprint density at radius 2 is 1.64 bits per heavy atom. The maximum atomic E-state index is 6.25. The van der Waals surface area contributed by atoms with Crippen molar-refractivity contribution in [2.24, 2.45) is 5.10 Å². The first-order valence-corrected chi connectivity index (χ1v) is 12.4. The van der Waals surface area contributed by atoms with E-state index in [2.05, 4.69) is 20.3 Å². The van der Waals surface area contributed by atoms with Crippen molar-refractivity contribution in [3.8, 4) is 5.75 Å². The van der Waals surface area contributed by atoms with E-state index in [0.717, 1.165) is 43.1 Å². The molecule has 9 nitrogen and oxygen atoms in total. The van der Waals surface area contributed by atoms with Gasteiger partial charge in [0.15, 0.2) is 5.82 Å². The number of hydrogen-bond acceptors (Lipinski definition) is 9. The average molecular weight is 509 g/mol. The highest BCUT2D eigenvalue weighted by molar-refractivity contribution is 6.30. The second-order valence-corrected chi connectivity index (χ2v) is 8.87. The lowest BCUT2D eigenvalue weighted by Gasteiger charge is -2.31. The van der Waals surface area contributed by atoms with Crippen molar-refractivity contribution in [2.75, 3.05) is 67.8 Å². The molecule has 2 aromatic carbocycles. The van der Waals surface area contributed by atoms with Crippen LogP contribution in [0.2, 0.25) is 5.02 Å². The van der Waals surface area contributed by atoms with Crippen molar-refractivity contribution >= 4 is 35.4 Å². The summed E-state index contributed by atoms with van der Waals surface area (Å²) >= 11 is 6.25. The van der Waals surface area contributed by atoms with Gasteiger partial charge in [0.1, 0.15) is 18.2 Å². The van der Waals surface area contributed by atoms with Crippen LogP contribution in [-0.4, -0.2) is 68.8 Å². The standard InChI is InChI=1S/C26H29ClN6O3/c27-22-6-7-23(36-19-20-4-2-1-3-5-20)21(16-22)18-28-31-24-17-25(32-8-12-34-13-9-32)30-26(29-24)33-10-14-35-15-11-33/h1-7,16-18H,8-15,19H2,(H,29,30,31)/b28-18-. The first-order chi connectivity index (χ1) is 17.7. The molecule has 2 saturated heterocycles. The van der Waals surface area contributed by atoms with Gasteiger partial charge >= 0.3 is 0 Å². The fourth-order valence-electron chi connectivity index (χ4n) is 3.99. The number of hydrazone groups is 1. The van der Waals surface area contributed by atoms with E-state index < -0.39 is 0 Å². The molecule has 36 heavy (non-hydrogen) atoms. The van der Waals surface area contributed by atoms with Gasteiger partial charge in [0, 0.05) is 42.8 Å². The van der Waals surface area contributed by atoms with E-state index in [9.17, 15) is 0 Å². The number of nitrogens with one attached hydrogen (secondary N) is 1. The second-order valence-electron chi connectivity index (χ2n) is 8.44. The number of benzene rings is 2. The molecule has 2 aliphatic heterocycles. The minimum Gasteiger partial charge on any atom is -0.488 e. The summed E-state index contributed by atoms with van der Waals surface area (Å²) in [5.74, 6) is 2.81. The molecular formula is C26H29ClN6O3. The largest absolute Gasteiger partial charge is 0.488 e. The van der Waals surface area contributed by atoms with Gasteiger partial charge in [-0.3, -0.25) is 5.43 Å². The van der Waals surface area contributed by atoms with Crippen LogP contribution < -0.4 is 20.0 Å². The Morgan fingerprint density at radius 3 is 2.39 bits per heavy atom. The fourth-order valence-corrected chi connectivity index (χ4v) is 4.17. The topological polar surface area (TPSA) is 84.3 Å². The van der Waals surface area contributed by atoms with Crippen molar-refractivity contribution in [2.45, 2.75) is 6.61 Å². The maximum Gasteiger partial charge on any atom is 0.229 e. The summed E-state index contributed by atoms with van der Waals surface area (Å²) in [7, 11) is 0. The van der Waals surface area contributed by atoms with Crippen LogP contribution in [0.25, 0.3) is 0 Å². The second kappa shape index (κ2) is 12.0. The van der Waals surface area contributed by atoms with E-state index in [1.165, 1.54) is 0 Å². The quantitative estimate of drug-likeness (QED) is 0.363. The van der Waals surface area contributed by atoms with Crippen LogP contribution in [-0.2, 0) is 16.1 Å². The molecular weight excluding hydrogens is 480 g/mol. The number of nitrogens with zero attached hydrogens (tertiary/aromatic N) is 5. The molecule has 0 aliphatic carbocycles. The van der Waals surface area contributed by atoms with Crippen LogP contribution in [0.4, 0.5) is 17.6 Å². The van der Waals surface area contributed by atoms with Gasteiger partial charge < -0.3 is 24.0 Å². The Kier molecular flexibility index (Phi) is 8.12. The van der Waals surface area contributed by atoms with Crippen molar-refractivity contribution in [1.82, 2.24) is 9.97 Å². The number of rotatable bonds is 8. The molecule has 5 rings (SSSR count). The third kappa shape index (κ3) is 6.42. The summed E-state index contributed by atoms with van der Waals surface area (Å²) in [5, 5.41) is 5.06. The van der Waals surface area contributed by atoms with Crippen LogP contribution in [0.1, 0.15) is 11.1 Å². The van der Waals surface area contributed by atoms with Gasteiger partial charge in [-0.2, -0.15) is 15.1 Å². The number of morpholine rings is 2. The van der Waals surface area contributed by atoms with Crippen molar-refractivity contribution < 1.29 is 14.2 Å². The van der Waals surface area contributed by atoms with Crippen LogP contribution in [0.15, 0.2) is 59.7 Å². The fraction of sp³-hybridized carbons (Fsp3) is 0.346. The Bertz CT molecular complexity index is 1130. The molecule has 0 radical (unpaired) electrons. The lowest BCUT2D eigenvalue weighted by atomic mass is 10.2. The molecule has 2 aliphatic rings. The highest BCUT2D eigenvalue weighted by Gasteiger charge is 2.19. The normalized spacial score (nSPS) is 16.4. The minimum atomic E-state index is 0.453. The van der Waals surface area contributed by atoms with Crippen molar-refractivity contribution in [1.29, 1.82) is 0 Å². The summed E-state index contributed by atoms with van der Waals surface area (Å²) in [6, 6.07) is 17.4. The summed E-state index contributed by atoms with van der Waals surface area (Å²) in [4.78, 5) is 13.9. The highest BCUT2D eigenvalue weighted by atomic mass is 35.5. The molecule has 0 spiro atoms. The zero-order chi connectivity index (χ0) is 24.6. The molecule has 1 aromatic heterocycles. The Morgan fingerprint density at radius 1 is 0.917 bits per heavy atom. The Balaban J connectivity index is 1.34. The molecule has 10 heteroatoms. The van der Waals surface area contributed by atoms with Gasteiger partial charge in [-0.15, -0.1) is 0 Å². The first kappa shape index (κ1) is 24.3. The van der Waals surface area contributed by atoms with E-state index in [0.29, 0.717) is 55.6 Å². The summed E-state index contributed by atoms with van der Waals surface area (Å²) < 4.78 is 17.0. The third-order valence-electron chi connectivity index (χ3n) is 5.92. The van der Waals surface area contributed by atoms with E-state index >= 15 is 0 Å². The van der Waals surface area contributed by atoms with Crippen molar-refractivity contribution in [3.05, 3.63) is 70.7 Å². The first-order valence-electron chi connectivity index (χ1n) is 12.0. The lowest BCUT2D eigenvalue weighted by Crippen LogP contribution is -2.39. The summed E-state index contributed by atoms with van der Waals surface area (Å²) in [5.41, 5.74) is 4.93. The smallest absolute Gasteiger partial charge is 0.229 e. The van der Waals surface area contributed by atoms with Gasteiger partial charge in [-0.05, 0) is 23.8 Å². The third-order valence-corrected chi connectivity index (χ3v) is 6.16. The molecule has 3 aromatic rings. The SMILES string of the molecule is Clc1ccc(OCc2ccccc2)c(/C=N\Nc2cc(N3CCOCC3)nc(N3CCOCC3)n2)c1. The average Bonchev–Trinajstić information content (AvgIpc) is 2.94. The molecule has 2 fully saturated rings. The van der Waals surface area contributed by atoms with Gasteiger partial charge in [-0.25, -0.2) is 0 Å². The van der Waals surface area contributed by atoms with Crippen LogP contribution in [0, 0.1) is 0 Å².